The third-order valence-electron chi connectivity index (χ3n) is 3.17. The maximum absolute atomic E-state index is 12.8. The van der Waals surface area contributed by atoms with E-state index in [-0.39, 0.29) is 5.56 Å². The standard InChI is InChI=1S/C16H13F4NO/c1-10(11-5-7-14(17)8-6-11)21-15(22)12-3-2-4-13(9-12)16(18,19)20/h2-10H,1H3,(H,21,22)/t10-/m0/s1. The minimum absolute atomic E-state index is 0.0798. The zero-order valence-corrected chi connectivity index (χ0v) is 11.6. The number of hydrogen-bond donors (Lipinski definition) is 1. The third kappa shape index (κ3) is 3.84. The average molecular weight is 311 g/mol. The SMILES string of the molecule is C[C@H](NC(=O)c1cccc(C(F)(F)F)c1)c1ccc(F)cc1. The topological polar surface area (TPSA) is 29.1 Å². The van der Waals surface area contributed by atoms with Crippen LogP contribution in [0.15, 0.2) is 48.5 Å². The van der Waals surface area contributed by atoms with Crippen molar-refractivity contribution < 1.29 is 22.4 Å². The van der Waals surface area contributed by atoms with Crippen LogP contribution in [0.25, 0.3) is 0 Å². The summed E-state index contributed by atoms with van der Waals surface area (Å²) in [4.78, 5) is 12.0. The van der Waals surface area contributed by atoms with Crippen LogP contribution in [0.5, 0.6) is 0 Å². The summed E-state index contributed by atoms with van der Waals surface area (Å²) in [6, 6.07) is 9.25. The Kier molecular flexibility index (Phi) is 4.49. The van der Waals surface area contributed by atoms with Crippen molar-refractivity contribution >= 4 is 5.91 Å². The molecule has 1 atom stereocenters. The molecule has 2 rings (SSSR count). The van der Waals surface area contributed by atoms with Gasteiger partial charge >= 0.3 is 6.18 Å². The smallest absolute Gasteiger partial charge is 0.346 e. The molecule has 1 N–H and O–H groups in total. The van der Waals surface area contributed by atoms with Gasteiger partial charge in [0.25, 0.3) is 5.91 Å². The summed E-state index contributed by atoms with van der Waals surface area (Å²) < 4.78 is 50.7. The summed E-state index contributed by atoms with van der Waals surface area (Å²) in [5.74, 6) is -1.02. The van der Waals surface area contributed by atoms with E-state index in [1.807, 2.05) is 0 Å². The van der Waals surface area contributed by atoms with Crippen molar-refractivity contribution in [2.24, 2.45) is 0 Å². The maximum atomic E-state index is 12.8. The van der Waals surface area contributed by atoms with E-state index in [9.17, 15) is 22.4 Å². The molecule has 0 aliphatic carbocycles. The molecule has 2 nitrogen and oxygen atoms in total. The Morgan fingerprint density at radius 2 is 1.73 bits per heavy atom. The van der Waals surface area contributed by atoms with Gasteiger partial charge in [-0.2, -0.15) is 13.2 Å². The lowest BCUT2D eigenvalue weighted by Gasteiger charge is -2.15. The van der Waals surface area contributed by atoms with Gasteiger partial charge in [-0.3, -0.25) is 4.79 Å². The maximum Gasteiger partial charge on any atom is 0.416 e. The minimum Gasteiger partial charge on any atom is -0.346 e. The summed E-state index contributed by atoms with van der Waals surface area (Å²) in [5.41, 5.74) is -0.305. The van der Waals surface area contributed by atoms with E-state index in [0.29, 0.717) is 5.56 Å². The molecule has 22 heavy (non-hydrogen) atoms. The molecule has 0 saturated heterocycles. The highest BCUT2D eigenvalue weighted by atomic mass is 19.4. The molecule has 0 bridgehead atoms. The van der Waals surface area contributed by atoms with Crippen molar-refractivity contribution in [1.29, 1.82) is 0 Å². The summed E-state index contributed by atoms with van der Waals surface area (Å²) in [5, 5.41) is 2.58. The summed E-state index contributed by atoms with van der Waals surface area (Å²) in [7, 11) is 0. The van der Waals surface area contributed by atoms with Gasteiger partial charge in [0.1, 0.15) is 5.82 Å². The molecule has 6 heteroatoms. The molecule has 0 aliphatic rings. The molecular weight excluding hydrogens is 298 g/mol. The fourth-order valence-electron chi connectivity index (χ4n) is 1.95. The summed E-state index contributed by atoms with van der Waals surface area (Å²) in [6.45, 7) is 1.67. The molecule has 0 unspecified atom stereocenters. The van der Waals surface area contributed by atoms with Crippen molar-refractivity contribution in [2.45, 2.75) is 19.1 Å². The minimum atomic E-state index is -4.50. The van der Waals surface area contributed by atoms with E-state index in [0.717, 1.165) is 12.1 Å². The fraction of sp³-hybridized carbons (Fsp3) is 0.188. The lowest BCUT2D eigenvalue weighted by molar-refractivity contribution is -0.137. The van der Waals surface area contributed by atoms with Gasteiger partial charge in [0.05, 0.1) is 11.6 Å². The highest BCUT2D eigenvalue weighted by Gasteiger charge is 2.30. The van der Waals surface area contributed by atoms with Crippen molar-refractivity contribution in [3.63, 3.8) is 0 Å². The van der Waals surface area contributed by atoms with Crippen LogP contribution in [-0.4, -0.2) is 5.91 Å². The molecule has 0 aromatic heterocycles. The predicted octanol–water partition coefficient (Wildman–Crippen LogP) is 4.34. The Labute approximate surface area is 124 Å². The van der Waals surface area contributed by atoms with Gasteiger partial charge in [-0.25, -0.2) is 4.39 Å². The second-order valence-electron chi connectivity index (χ2n) is 4.83. The van der Waals surface area contributed by atoms with Gasteiger partial charge in [0.15, 0.2) is 0 Å². The molecule has 0 heterocycles. The number of hydrogen-bond acceptors (Lipinski definition) is 1. The molecule has 0 saturated carbocycles. The number of nitrogens with one attached hydrogen (secondary N) is 1. The first kappa shape index (κ1) is 16.0. The number of halogens is 4. The summed E-state index contributed by atoms with van der Waals surface area (Å²) in [6.07, 6.45) is -4.50. The number of carbonyl (C=O) groups is 1. The van der Waals surface area contributed by atoms with Crippen molar-refractivity contribution in [1.82, 2.24) is 5.32 Å². The lowest BCUT2D eigenvalue weighted by Crippen LogP contribution is -2.27. The van der Waals surface area contributed by atoms with Crippen LogP contribution in [0, 0.1) is 5.82 Å². The van der Waals surface area contributed by atoms with Gasteiger partial charge < -0.3 is 5.32 Å². The van der Waals surface area contributed by atoms with Gasteiger partial charge in [0.2, 0.25) is 0 Å². The first-order chi connectivity index (χ1) is 10.3. The Bertz CT molecular complexity index is 665. The number of benzene rings is 2. The van der Waals surface area contributed by atoms with E-state index < -0.39 is 29.5 Å². The molecule has 2 aromatic rings. The molecule has 116 valence electrons. The Balaban J connectivity index is 2.13. The molecule has 0 aliphatic heterocycles. The van der Waals surface area contributed by atoms with Crippen molar-refractivity contribution in [3.8, 4) is 0 Å². The Morgan fingerprint density at radius 1 is 1.09 bits per heavy atom. The number of rotatable bonds is 3. The first-order valence-corrected chi connectivity index (χ1v) is 6.51. The van der Waals surface area contributed by atoms with Crippen molar-refractivity contribution in [3.05, 3.63) is 71.0 Å². The lowest BCUT2D eigenvalue weighted by atomic mass is 10.1. The second-order valence-corrected chi connectivity index (χ2v) is 4.83. The predicted molar refractivity (Wildman–Crippen MR) is 73.7 cm³/mol. The molecule has 0 spiro atoms. The molecular formula is C16H13F4NO. The molecule has 2 aromatic carbocycles. The zero-order valence-electron chi connectivity index (χ0n) is 11.6. The molecule has 1 amide bonds. The highest BCUT2D eigenvalue weighted by Crippen LogP contribution is 2.29. The van der Waals surface area contributed by atoms with E-state index >= 15 is 0 Å². The monoisotopic (exact) mass is 311 g/mol. The molecule has 0 radical (unpaired) electrons. The van der Waals surface area contributed by atoms with Crippen LogP contribution in [0.2, 0.25) is 0 Å². The van der Waals surface area contributed by atoms with E-state index in [1.165, 1.54) is 36.4 Å². The van der Waals surface area contributed by atoms with Crippen LogP contribution in [0.1, 0.15) is 34.5 Å². The van der Waals surface area contributed by atoms with Crippen LogP contribution in [0.4, 0.5) is 17.6 Å². The normalized spacial score (nSPS) is 12.8. The number of carbonyl (C=O) groups excluding carboxylic acids is 1. The fourth-order valence-corrected chi connectivity index (χ4v) is 1.95. The zero-order chi connectivity index (χ0) is 16.3. The highest BCUT2D eigenvalue weighted by molar-refractivity contribution is 5.94. The average Bonchev–Trinajstić information content (AvgIpc) is 2.47. The van der Waals surface area contributed by atoms with E-state index in [4.69, 9.17) is 0 Å². The number of alkyl halides is 3. The Morgan fingerprint density at radius 3 is 2.32 bits per heavy atom. The molecule has 0 fully saturated rings. The van der Waals surface area contributed by atoms with E-state index in [1.54, 1.807) is 6.92 Å². The number of amides is 1. The van der Waals surface area contributed by atoms with Gasteiger partial charge in [-0.05, 0) is 42.8 Å². The van der Waals surface area contributed by atoms with Crippen LogP contribution >= 0.6 is 0 Å². The van der Waals surface area contributed by atoms with Crippen molar-refractivity contribution in [2.75, 3.05) is 0 Å². The van der Waals surface area contributed by atoms with Crippen LogP contribution < -0.4 is 5.32 Å². The van der Waals surface area contributed by atoms with E-state index in [2.05, 4.69) is 5.32 Å². The van der Waals surface area contributed by atoms with Gasteiger partial charge in [-0.1, -0.05) is 18.2 Å². The van der Waals surface area contributed by atoms with Crippen LogP contribution in [-0.2, 0) is 6.18 Å². The van der Waals surface area contributed by atoms with Crippen LogP contribution in [0.3, 0.4) is 0 Å². The second kappa shape index (κ2) is 6.17. The quantitative estimate of drug-likeness (QED) is 0.840. The summed E-state index contributed by atoms with van der Waals surface area (Å²) >= 11 is 0. The Hall–Kier alpha value is -2.37. The third-order valence-corrected chi connectivity index (χ3v) is 3.17. The first-order valence-electron chi connectivity index (χ1n) is 6.51. The largest absolute Gasteiger partial charge is 0.416 e. The van der Waals surface area contributed by atoms with Gasteiger partial charge in [0, 0.05) is 5.56 Å². The van der Waals surface area contributed by atoms with Gasteiger partial charge in [-0.15, -0.1) is 0 Å².